The van der Waals surface area contributed by atoms with Crippen LogP contribution in [0, 0.1) is 5.92 Å². The molecule has 2 rings (SSSR count). The zero-order valence-electron chi connectivity index (χ0n) is 14.2. The van der Waals surface area contributed by atoms with Gasteiger partial charge in [-0.25, -0.2) is 4.98 Å². The molecule has 1 aromatic heterocycles. The first-order chi connectivity index (χ1) is 11.5. The second-order valence-corrected chi connectivity index (χ2v) is 6.61. The molecule has 5 heteroatoms. The van der Waals surface area contributed by atoms with Gasteiger partial charge in [-0.2, -0.15) is 0 Å². The van der Waals surface area contributed by atoms with Crippen LogP contribution in [-0.4, -0.2) is 24.0 Å². The van der Waals surface area contributed by atoms with Gasteiger partial charge < -0.3 is 10.6 Å². The minimum absolute atomic E-state index is 0.155. The molecule has 0 saturated carbocycles. The van der Waals surface area contributed by atoms with Gasteiger partial charge in [0.25, 0.3) is 5.91 Å². The van der Waals surface area contributed by atoms with Gasteiger partial charge in [0.1, 0.15) is 5.69 Å². The average Bonchev–Trinajstić information content (AvgIpc) is 2.57. The van der Waals surface area contributed by atoms with Crippen molar-refractivity contribution in [3.63, 3.8) is 0 Å². The van der Waals surface area contributed by atoms with E-state index in [4.69, 9.17) is 11.6 Å². The molecule has 128 valence electrons. The Bertz CT molecular complexity index is 639. The number of aromatic nitrogens is 1. The van der Waals surface area contributed by atoms with E-state index in [1.54, 1.807) is 12.3 Å². The van der Waals surface area contributed by atoms with Crippen molar-refractivity contribution in [3.05, 3.63) is 58.9 Å². The Morgan fingerprint density at radius 2 is 1.88 bits per heavy atom. The van der Waals surface area contributed by atoms with E-state index >= 15 is 0 Å². The van der Waals surface area contributed by atoms with E-state index in [0.717, 1.165) is 30.6 Å². The van der Waals surface area contributed by atoms with Crippen LogP contribution in [0.3, 0.4) is 0 Å². The number of rotatable bonds is 8. The number of nitrogens with one attached hydrogen (secondary N) is 2. The zero-order chi connectivity index (χ0) is 17.4. The van der Waals surface area contributed by atoms with Crippen LogP contribution >= 0.6 is 11.6 Å². The normalized spacial score (nSPS) is 10.7. The van der Waals surface area contributed by atoms with E-state index < -0.39 is 0 Å². The Balaban J connectivity index is 1.76. The van der Waals surface area contributed by atoms with Crippen LogP contribution < -0.4 is 10.6 Å². The van der Waals surface area contributed by atoms with Crippen molar-refractivity contribution in [3.8, 4) is 0 Å². The lowest BCUT2D eigenvalue weighted by Crippen LogP contribution is -2.26. The lowest BCUT2D eigenvalue weighted by Gasteiger charge is -2.09. The Hall–Kier alpha value is -2.07. The molecule has 0 atom stereocenters. The maximum atomic E-state index is 12.1. The van der Waals surface area contributed by atoms with E-state index in [9.17, 15) is 4.79 Å². The number of hydrogen-bond acceptors (Lipinski definition) is 3. The van der Waals surface area contributed by atoms with Gasteiger partial charge >= 0.3 is 0 Å². The van der Waals surface area contributed by atoms with Gasteiger partial charge in [0, 0.05) is 18.1 Å². The Morgan fingerprint density at radius 1 is 1.12 bits per heavy atom. The molecule has 0 aliphatic heterocycles. The highest BCUT2D eigenvalue weighted by atomic mass is 35.5. The summed E-state index contributed by atoms with van der Waals surface area (Å²) in [5.41, 5.74) is 2.51. The van der Waals surface area contributed by atoms with E-state index in [0.29, 0.717) is 23.2 Å². The maximum Gasteiger partial charge on any atom is 0.269 e. The fourth-order valence-electron chi connectivity index (χ4n) is 2.20. The van der Waals surface area contributed by atoms with Crippen LogP contribution in [-0.2, 0) is 6.42 Å². The molecule has 2 N–H and O–H groups in total. The van der Waals surface area contributed by atoms with Crippen molar-refractivity contribution in [1.29, 1.82) is 0 Å². The van der Waals surface area contributed by atoms with Crippen LogP contribution in [0.1, 0.15) is 36.3 Å². The van der Waals surface area contributed by atoms with E-state index in [-0.39, 0.29) is 5.91 Å². The molecule has 0 bridgehead atoms. The predicted octanol–water partition coefficient (Wildman–Crippen LogP) is 4.17. The number of carbonyl (C=O) groups is 1. The molecule has 0 spiro atoms. The highest BCUT2D eigenvalue weighted by molar-refractivity contribution is 6.30. The molecular formula is C19H24ClN3O. The Labute approximate surface area is 148 Å². The van der Waals surface area contributed by atoms with Crippen molar-refractivity contribution < 1.29 is 4.79 Å². The molecule has 2 aromatic rings. The van der Waals surface area contributed by atoms with Crippen molar-refractivity contribution in [2.45, 2.75) is 26.7 Å². The van der Waals surface area contributed by atoms with Gasteiger partial charge in [-0.1, -0.05) is 37.6 Å². The summed E-state index contributed by atoms with van der Waals surface area (Å²) < 4.78 is 0. The predicted molar refractivity (Wildman–Crippen MR) is 99.7 cm³/mol. The minimum atomic E-state index is -0.155. The smallest absolute Gasteiger partial charge is 0.269 e. The van der Waals surface area contributed by atoms with Gasteiger partial charge in [-0.3, -0.25) is 4.79 Å². The number of hydrogen-bond donors (Lipinski definition) is 2. The lowest BCUT2D eigenvalue weighted by atomic mass is 10.1. The topological polar surface area (TPSA) is 54.0 Å². The second-order valence-electron chi connectivity index (χ2n) is 6.17. The largest absolute Gasteiger partial charge is 0.384 e. The van der Waals surface area contributed by atoms with Crippen molar-refractivity contribution in [2.24, 2.45) is 5.92 Å². The van der Waals surface area contributed by atoms with E-state index in [2.05, 4.69) is 29.5 Å². The molecular weight excluding hydrogens is 322 g/mol. The first-order valence-electron chi connectivity index (χ1n) is 8.27. The summed E-state index contributed by atoms with van der Waals surface area (Å²) in [7, 11) is 0. The molecule has 1 heterocycles. The monoisotopic (exact) mass is 345 g/mol. The molecule has 1 amide bonds. The zero-order valence-corrected chi connectivity index (χ0v) is 14.9. The number of anilines is 1. The summed E-state index contributed by atoms with van der Waals surface area (Å²) >= 11 is 5.85. The summed E-state index contributed by atoms with van der Waals surface area (Å²) in [4.78, 5) is 16.3. The maximum absolute atomic E-state index is 12.1. The summed E-state index contributed by atoms with van der Waals surface area (Å²) in [5.74, 6) is 0.508. The van der Waals surface area contributed by atoms with Crippen LogP contribution in [0.5, 0.6) is 0 Å². The Kier molecular flexibility index (Phi) is 7.07. The summed E-state index contributed by atoms with van der Waals surface area (Å²) in [6.45, 7) is 5.86. The quantitative estimate of drug-likeness (QED) is 0.755. The van der Waals surface area contributed by atoms with Crippen LogP contribution in [0.4, 0.5) is 5.69 Å². The molecule has 0 aliphatic rings. The first-order valence-corrected chi connectivity index (χ1v) is 8.65. The molecule has 1 aromatic carbocycles. The van der Waals surface area contributed by atoms with Gasteiger partial charge in [0.05, 0.1) is 11.9 Å². The van der Waals surface area contributed by atoms with Crippen LogP contribution in [0.25, 0.3) is 0 Å². The number of pyridine rings is 1. The van der Waals surface area contributed by atoms with Gasteiger partial charge in [-0.05, 0) is 48.6 Å². The second kappa shape index (κ2) is 9.28. The SMILES string of the molecule is CC(C)CCNc1ccc(C(=O)NCCc2ccc(Cl)cc2)nc1. The third-order valence-electron chi connectivity index (χ3n) is 3.66. The number of halogens is 1. The standard InChI is InChI=1S/C19H24ClN3O/c1-14(2)9-11-21-17-7-8-18(23-13-17)19(24)22-12-10-15-3-5-16(20)6-4-15/h3-8,13-14,21H,9-12H2,1-2H3,(H,22,24). The highest BCUT2D eigenvalue weighted by Crippen LogP contribution is 2.10. The molecule has 24 heavy (non-hydrogen) atoms. The lowest BCUT2D eigenvalue weighted by molar-refractivity contribution is 0.0949. The summed E-state index contributed by atoms with van der Waals surface area (Å²) in [5, 5.41) is 6.91. The number of benzene rings is 1. The number of amides is 1. The molecule has 4 nitrogen and oxygen atoms in total. The molecule has 0 aliphatic carbocycles. The summed E-state index contributed by atoms with van der Waals surface area (Å²) in [6, 6.07) is 11.3. The molecule has 0 radical (unpaired) electrons. The van der Waals surface area contributed by atoms with Gasteiger partial charge in [0.15, 0.2) is 0 Å². The molecule has 0 fully saturated rings. The van der Waals surface area contributed by atoms with E-state index in [1.807, 2.05) is 30.3 Å². The van der Waals surface area contributed by atoms with Gasteiger partial charge in [0.2, 0.25) is 0 Å². The fourth-order valence-corrected chi connectivity index (χ4v) is 2.33. The van der Waals surface area contributed by atoms with Crippen molar-refractivity contribution >= 4 is 23.2 Å². The van der Waals surface area contributed by atoms with Crippen molar-refractivity contribution in [1.82, 2.24) is 10.3 Å². The first kappa shape index (κ1) is 18.3. The third kappa shape index (κ3) is 6.20. The van der Waals surface area contributed by atoms with Crippen LogP contribution in [0.2, 0.25) is 5.02 Å². The Morgan fingerprint density at radius 3 is 2.50 bits per heavy atom. The fraction of sp³-hybridized carbons (Fsp3) is 0.368. The molecule has 0 saturated heterocycles. The average molecular weight is 346 g/mol. The van der Waals surface area contributed by atoms with Crippen molar-refractivity contribution in [2.75, 3.05) is 18.4 Å². The third-order valence-corrected chi connectivity index (χ3v) is 3.91. The van der Waals surface area contributed by atoms with Crippen LogP contribution in [0.15, 0.2) is 42.6 Å². The van der Waals surface area contributed by atoms with E-state index in [1.165, 1.54) is 0 Å². The minimum Gasteiger partial charge on any atom is -0.384 e. The number of nitrogens with zero attached hydrogens (tertiary/aromatic N) is 1. The highest BCUT2D eigenvalue weighted by Gasteiger charge is 2.06. The van der Waals surface area contributed by atoms with Gasteiger partial charge in [-0.15, -0.1) is 0 Å². The summed E-state index contributed by atoms with van der Waals surface area (Å²) in [6.07, 6.45) is 3.57. The number of carbonyl (C=O) groups excluding carboxylic acids is 1. The molecule has 0 unspecified atom stereocenters.